The number of para-hydroxylation sites is 1. The number of ether oxygens (including phenoxy) is 1. The highest BCUT2D eigenvalue weighted by Crippen LogP contribution is 2.22. The molecule has 3 aromatic rings. The Hall–Kier alpha value is -4.25. The van der Waals surface area contributed by atoms with Crippen LogP contribution in [-0.4, -0.2) is 31.8 Å². The van der Waals surface area contributed by atoms with Gasteiger partial charge in [-0.25, -0.2) is 13.2 Å². The molecule has 0 aliphatic carbocycles. The van der Waals surface area contributed by atoms with Crippen molar-refractivity contribution in [1.29, 1.82) is 0 Å². The normalized spacial score (nSPS) is 10.8. The summed E-state index contributed by atoms with van der Waals surface area (Å²) in [5, 5.41) is 13.4. The van der Waals surface area contributed by atoms with E-state index in [0.29, 0.717) is 11.3 Å². The number of nitrogens with one attached hydrogen (secondary N) is 2. The van der Waals surface area contributed by atoms with Gasteiger partial charge in [0.1, 0.15) is 0 Å². The van der Waals surface area contributed by atoms with E-state index in [9.17, 15) is 28.1 Å². The van der Waals surface area contributed by atoms with Crippen molar-refractivity contribution in [2.75, 3.05) is 16.6 Å². The first-order valence-corrected chi connectivity index (χ1v) is 11.0. The van der Waals surface area contributed by atoms with Gasteiger partial charge in [-0.1, -0.05) is 24.3 Å². The monoisotopic (exact) mass is 469 g/mol. The van der Waals surface area contributed by atoms with E-state index in [2.05, 4.69) is 10.0 Å². The standard InChI is InChI=1S/C22H19N3O7S/c1-15-7-10-18(13-20(15)25(28)29)23-21(26)14-32-22(27)16-8-11-19(12-9-16)33(30,31)24-17-5-3-2-4-6-17/h2-13,24H,14H2,1H3,(H,23,26). The van der Waals surface area contributed by atoms with Crippen LogP contribution in [0.5, 0.6) is 0 Å². The van der Waals surface area contributed by atoms with Gasteiger partial charge in [-0.15, -0.1) is 0 Å². The average Bonchev–Trinajstić information content (AvgIpc) is 2.79. The highest BCUT2D eigenvalue weighted by Gasteiger charge is 2.17. The van der Waals surface area contributed by atoms with E-state index in [1.54, 1.807) is 37.3 Å². The lowest BCUT2D eigenvalue weighted by atomic mass is 10.2. The Balaban J connectivity index is 1.58. The number of hydrogen-bond acceptors (Lipinski definition) is 7. The number of anilines is 2. The first-order valence-electron chi connectivity index (χ1n) is 9.56. The van der Waals surface area contributed by atoms with Crippen molar-refractivity contribution >= 4 is 39.0 Å². The number of nitrogens with zero attached hydrogens (tertiary/aromatic N) is 1. The van der Waals surface area contributed by atoms with Crippen LogP contribution in [0.25, 0.3) is 0 Å². The molecule has 0 radical (unpaired) electrons. The van der Waals surface area contributed by atoms with Gasteiger partial charge in [-0.05, 0) is 49.4 Å². The zero-order valence-electron chi connectivity index (χ0n) is 17.3. The van der Waals surface area contributed by atoms with Gasteiger partial charge in [0.05, 0.1) is 15.4 Å². The number of carbonyl (C=O) groups is 2. The second-order valence-corrected chi connectivity index (χ2v) is 8.56. The average molecular weight is 469 g/mol. The minimum atomic E-state index is -3.84. The molecular formula is C22H19N3O7S. The van der Waals surface area contributed by atoms with Crippen molar-refractivity contribution in [3.63, 3.8) is 0 Å². The van der Waals surface area contributed by atoms with Gasteiger partial charge < -0.3 is 10.1 Å². The van der Waals surface area contributed by atoms with Crippen LogP contribution < -0.4 is 10.0 Å². The van der Waals surface area contributed by atoms with Crippen molar-refractivity contribution in [3.8, 4) is 0 Å². The van der Waals surface area contributed by atoms with Crippen LogP contribution in [0, 0.1) is 17.0 Å². The summed E-state index contributed by atoms with van der Waals surface area (Å²) in [5.41, 5.74) is 0.919. The van der Waals surface area contributed by atoms with Crippen LogP contribution in [0.3, 0.4) is 0 Å². The number of esters is 1. The molecule has 0 saturated carbocycles. The largest absolute Gasteiger partial charge is 0.452 e. The topological polar surface area (TPSA) is 145 Å². The van der Waals surface area contributed by atoms with Crippen LogP contribution in [-0.2, 0) is 19.6 Å². The quantitative estimate of drug-likeness (QED) is 0.292. The highest BCUT2D eigenvalue weighted by atomic mass is 32.2. The Morgan fingerprint density at radius 2 is 1.64 bits per heavy atom. The third kappa shape index (κ3) is 6.14. The number of carbonyl (C=O) groups excluding carboxylic acids is 2. The molecule has 2 N–H and O–H groups in total. The van der Waals surface area contributed by atoms with Gasteiger partial charge in [0.25, 0.3) is 21.6 Å². The van der Waals surface area contributed by atoms with Gasteiger partial charge in [0.2, 0.25) is 0 Å². The van der Waals surface area contributed by atoms with Crippen LogP contribution >= 0.6 is 0 Å². The number of hydrogen-bond donors (Lipinski definition) is 2. The van der Waals surface area contributed by atoms with E-state index < -0.39 is 33.4 Å². The summed E-state index contributed by atoms with van der Waals surface area (Å²) in [7, 11) is -3.84. The summed E-state index contributed by atoms with van der Waals surface area (Å²) < 4.78 is 32.2. The van der Waals surface area contributed by atoms with E-state index in [1.807, 2.05) is 0 Å². The van der Waals surface area contributed by atoms with Gasteiger partial charge in [-0.3, -0.25) is 19.6 Å². The van der Waals surface area contributed by atoms with E-state index in [-0.39, 0.29) is 21.8 Å². The predicted octanol–water partition coefficient (Wildman–Crippen LogP) is 3.50. The predicted molar refractivity (Wildman–Crippen MR) is 120 cm³/mol. The second-order valence-electron chi connectivity index (χ2n) is 6.88. The first kappa shape index (κ1) is 23.4. The third-order valence-electron chi connectivity index (χ3n) is 4.45. The van der Waals surface area contributed by atoms with Gasteiger partial charge in [0.15, 0.2) is 6.61 Å². The summed E-state index contributed by atoms with van der Waals surface area (Å²) >= 11 is 0. The molecule has 170 valence electrons. The van der Waals surface area contributed by atoms with E-state index in [1.165, 1.54) is 42.5 Å². The Morgan fingerprint density at radius 1 is 0.970 bits per heavy atom. The molecule has 0 heterocycles. The molecule has 3 rings (SSSR count). The van der Waals surface area contributed by atoms with E-state index >= 15 is 0 Å². The van der Waals surface area contributed by atoms with Crippen LogP contribution in [0.1, 0.15) is 15.9 Å². The number of rotatable bonds is 8. The maximum atomic E-state index is 12.4. The molecule has 0 aliphatic rings. The molecule has 3 aromatic carbocycles. The molecule has 0 aliphatic heterocycles. The van der Waals surface area contributed by atoms with Gasteiger partial charge in [-0.2, -0.15) is 0 Å². The van der Waals surface area contributed by atoms with E-state index in [4.69, 9.17) is 4.74 Å². The van der Waals surface area contributed by atoms with Gasteiger partial charge in [0, 0.05) is 23.0 Å². The number of benzene rings is 3. The van der Waals surface area contributed by atoms with Crippen molar-refractivity contribution in [2.45, 2.75) is 11.8 Å². The number of nitro benzene ring substituents is 1. The third-order valence-corrected chi connectivity index (χ3v) is 5.85. The minimum Gasteiger partial charge on any atom is -0.452 e. The summed E-state index contributed by atoms with van der Waals surface area (Å²) in [4.78, 5) is 34.6. The minimum absolute atomic E-state index is 0.0486. The molecular weight excluding hydrogens is 450 g/mol. The number of amides is 1. The molecule has 11 heteroatoms. The molecule has 10 nitrogen and oxygen atoms in total. The molecule has 0 spiro atoms. The summed E-state index contributed by atoms with van der Waals surface area (Å²) in [5.74, 6) is -1.52. The van der Waals surface area contributed by atoms with Crippen molar-refractivity contribution in [1.82, 2.24) is 0 Å². The fourth-order valence-corrected chi connectivity index (χ4v) is 3.84. The Morgan fingerprint density at radius 3 is 2.27 bits per heavy atom. The van der Waals surface area contributed by atoms with Gasteiger partial charge >= 0.3 is 5.97 Å². The van der Waals surface area contributed by atoms with Crippen molar-refractivity contribution in [2.24, 2.45) is 0 Å². The molecule has 0 aromatic heterocycles. The zero-order chi connectivity index (χ0) is 24.0. The smallest absolute Gasteiger partial charge is 0.338 e. The molecule has 0 unspecified atom stereocenters. The molecule has 1 amide bonds. The molecule has 0 atom stereocenters. The Bertz CT molecular complexity index is 1290. The number of nitro groups is 1. The first-order chi connectivity index (χ1) is 15.7. The van der Waals surface area contributed by atoms with E-state index in [0.717, 1.165) is 0 Å². The molecule has 0 bridgehead atoms. The lowest BCUT2D eigenvalue weighted by Gasteiger charge is -2.09. The maximum absolute atomic E-state index is 12.4. The number of sulfonamides is 1. The van der Waals surface area contributed by atoms with Crippen LogP contribution in [0.4, 0.5) is 17.1 Å². The fraction of sp³-hybridized carbons (Fsp3) is 0.0909. The lowest BCUT2D eigenvalue weighted by molar-refractivity contribution is -0.385. The maximum Gasteiger partial charge on any atom is 0.338 e. The Labute approximate surface area is 189 Å². The summed E-state index contributed by atoms with van der Waals surface area (Å²) in [6, 6.07) is 17.5. The van der Waals surface area contributed by atoms with Crippen LogP contribution in [0.2, 0.25) is 0 Å². The highest BCUT2D eigenvalue weighted by molar-refractivity contribution is 7.92. The second kappa shape index (κ2) is 9.92. The number of aryl methyl sites for hydroxylation is 1. The summed E-state index contributed by atoms with van der Waals surface area (Å²) in [6.07, 6.45) is 0. The fourth-order valence-electron chi connectivity index (χ4n) is 2.79. The SMILES string of the molecule is Cc1ccc(NC(=O)COC(=O)c2ccc(S(=O)(=O)Nc3ccccc3)cc2)cc1[N+](=O)[O-]. The lowest BCUT2D eigenvalue weighted by Crippen LogP contribution is -2.21. The molecule has 33 heavy (non-hydrogen) atoms. The molecule has 0 fully saturated rings. The van der Waals surface area contributed by atoms with Crippen LogP contribution in [0.15, 0.2) is 77.7 Å². The van der Waals surface area contributed by atoms with Crippen molar-refractivity contribution in [3.05, 3.63) is 94.0 Å². The Kier molecular flexibility index (Phi) is 7.04. The van der Waals surface area contributed by atoms with Crippen molar-refractivity contribution < 1.29 is 27.7 Å². The summed E-state index contributed by atoms with van der Waals surface area (Å²) in [6.45, 7) is 0.940. The molecule has 0 saturated heterocycles. The zero-order valence-corrected chi connectivity index (χ0v) is 18.2.